The quantitative estimate of drug-likeness (QED) is 0.517. The topological polar surface area (TPSA) is 52.6 Å². The first kappa shape index (κ1) is 13.7. The van der Waals surface area contributed by atoms with Crippen molar-refractivity contribution in [2.24, 2.45) is 0 Å². The summed E-state index contributed by atoms with van der Waals surface area (Å²) in [6.07, 6.45) is 0.462. The minimum absolute atomic E-state index is 0.302. The van der Waals surface area contributed by atoms with Gasteiger partial charge in [0.25, 0.3) is 0 Å². The molecule has 0 rings (SSSR count). The standard InChI is InChI=1S/C11H18O4/c1-5-9(11(13)15-7-3)8(4)10(12)14-6-2/h5-7H2,1-4H3. The number of ether oxygens (including phenoxy) is 2. The van der Waals surface area contributed by atoms with Gasteiger partial charge in [-0.25, -0.2) is 9.59 Å². The maximum absolute atomic E-state index is 11.4. The Hall–Kier alpha value is -1.32. The van der Waals surface area contributed by atoms with Crippen LogP contribution in [-0.4, -0.2) is 25.2 Å². The van der Waals surface area contributed by atoms with E-state index in [1.54, 1.807) is 27.7 Å². The summed E-state index contributed by atoms with van der Waals surface area (Å²) in [4.78, 5) is 22.8. The smallest absolute Gasteiger partial charge is 0.334 e. The molecule has 0 N–H and O–H groups in total. The molecular weight excluding hydrogens is 196 g/mol. The van der Waals surface area contributed by atoms with Gasteiger partial charge in [0.1, 0.15) is 0 Å². The van der Waals surface area contributed by atoms with Gasteiger partial charge in [0, 0.05) is 11.1 Å². The molecule has 0 radical (unpaired) electrons. The summed E-state index contributed by atoms with van der Waals surface area (Å²) in [7, 11) is 0. The third-order valence-electron chi connectivity index (χ3n) is 1.91. The Morgan fingerprint density at radius 2 is 1.40 bits per heavy atom. The highest BCUT2D eigenvalue weighted by atomic mass is 16.5. The van der Waals surface area contributed by atoms with Crippen molar-refractivity contribution in [2.75, 3.05) is 13.2 Å². The van der Waals surface area contributed by atoms with Gasteiger partial charge in [0.15, 0.2) is 0 Å². The second kappa shape index (κ2) is 7.04. The second-order valence-electron chi connectivity index (χ2n) is 2.90. The van der Waals surface area contributed by atoms with Crippen LogP contribution in [0.1, 0.15) is 34.1 Å². The van der Waals surface area contributed by atoms with E-state index >= 15 is 0 Å². The van der Waals surface area contributed by atoms with E-state index in [0.29, 0.717) is 30.8 Å². The molecule has 0 atom stereocenters. The van der Waals surface area contributed by atoms with Crippen LogP contribution in [0.2, 0.25) is 0 Å². The highest BCUT2D eigenvalue weighted by molar-refractivity contribution is 5.99. The van der Waals surface area contributed by atoms with Crippen LogP contribution in [0.15, 0.2) is 11.1 Å². The molecule has 0 saturated carbocycles. The lowest BCUT2D eigenvalue weighted by atomic mass is 10.1. The van der Waals surface area contributed by atoms with Crippen LogP contribution in [0.25, 0.3) is 0 Å². The van der Waals surface area contributed by atoms with Crippen LogP contribution in [0.3, 0.4) is 0 Å². The van der Waals surface area contributed by atoms with E-state index in [9.17, 15) is 9.59 Å². The fourth-order valence-electron chi connectivity index (χ4n) is 1.14. The number of carbonyl (C=O) groups excluding carboxylic acids is 2. The van der Waals surface area contributed by atoms with Gasteiger partial charge in [-0.15, -0.1) is 0 Å². The lowest BCUT2D eigenvalue weighted by Gasteiger charge is -2.08. The molecule has 0 aromatic heterocycles. The van der Waals surface area contributed by atoms with Crippen LogP contribution >= 0.6 is 0 Å². The first-order valence-corrected chi connectivity index (χ1v) is 5.12. The van der Waals surface area contributed by atoms with Crippen LogP contribution in [0.5, 0.6) is 0 Å². The third-order valence-corrected chi connectivity index (χ3v) is 1.91. The number of hydrogen-bond donors (Lipinski definition) is 0. The van der Waals surface area contributed by atoms with Gasteiger partial charge < -0.3 is 9.47 Å². The average Bonchev–Trinajstić information content (AvgIpc) is 2.19. The Morgan fingerprint density at radius 1 is 0.933 bits per heavy atom. The van der Waals surface area contributed by atoms with E-state index in [2.05, 4.69) is 0 Å². The molecule has 0 amide bonds. The third kappa shape index (κ3) is 4.14. The van der Waals surface area contributed by atoms with Crippen LogP contribution < -0.4 is 0 Å². The zero-order valence-corrected chi connectivity index (χ0v) is 9.75. The number of carbonyl (C=O) groups is 2. The molecule has 0 aliphatic carbocycles. The average molecular weight is 214 g/mol. The van der Waals surface area contributed by atoms with Crippen molar-refractivity contribution in [2.45, 2.75) is 34.1 Å². The predicted molar refractivity (Wildman–Crippen MR) is 56.3 cm³/mol. The Kier molecular flexibility index (Phi) is 6.42. The minimum Gasteiger partial charge on any atom is -0.463 e. The summed E-state index contributed by atoms with van der Waals surface area (Å²) < 4.78 is 9.65. The van der Waals surface area contributed by atoms with Gasteiger partial charge in [0.2, 0.25) is 0 Å². The van der Waals surface area contributed by atoms with Gasteiger partial charge in [-0.05, 0) is 27.2 Å². The van der Waals surface area contributed by atoms with Gasteiger partial charge in [-0.3, -0.25) is 0 Å². The van der Waals surface area contributed by atoms with Crippen LogP contribution in [0, 0.1) is 0 Å². The lowest BCUT2D eigenvalue weighted by Crippen LogP contribution is -2.14. The normalized spacial score (nSPS) is 11.7. The van der Waals surface area contributed by atoms with Gasteiger partial charge >= 0.3 is 11.9 Å². The lowest BCUT2D eigenvalue weighted by molar-refractivity contribution is -0.141. The van der Waals surface area contributed by atoms with Crippen LogP contribution in [0.4, 0.5) is 0 Å². The fraction of sp³-hybridized carbons (Fsp3) is 0.636. The van der Waals surface area contributed by atoms with Crippen molar-refractivity contribution in [3.8, 4) is 0 Å². The molecular formula is C11H18O4. The molecule has 0 fully saturated rings. The largest absolute Gasteiger partial charge is 0.463 e. The van der Waals surface area contributed by atoms with E-state index in [0.717, 1.165) is 0 Å². The van der Waals surface area contributed by atoms with Crippen molar-refractivity contribution in [3.05, 3.63) is 11.1 Å². The molecule has 0 saturated heterocycles. The molecule has 0 aromatic rings. The maximum Gasteiger partial charge on any atom is 0.334 e. The number of rotatable bonds is 5. The molecule has 0 bridgehead atoms. The van der Waals surface area contributed by atoms with Crippen molar-refractivity contribution < 1.29 is 19.1 Å². The summed E-state index contributed by atoms with van der Waals surface area (Å²) in [6.45, 7) is 7.43. The van der Waals surface area contributed by atoms with Crippen molar-refractivity contribution in [1.82, 2.24) is 0 Å². The molecule has 0 heterocycles. The predicted octanol–water partition coefficient (Wildman–Crippen LogP) is 1.84. The number of esters is 2. The zero-order chi connectivity index (χ0) is 11.8. The molecule has 0 aliphatic heterocycles. The highest BCUT2D eigenvalue weighted by Gasteiger charge is 2.17. The molecule has 0 spiro atoms. The molecule has 86 valence electrons. The van der Waals surface area contributed by atoms with E-state index in [1.165, 1.54) is 0 Å². The van der Waals surface area contributed by atoms with E-state index < -0.39 is 11.9 Å². The van der Waals surface area contributed by atoms with Crippen molar-refractivity contribution in [1.29, 1.82) is 0 Å². The van der Waals surface area contributed by atoms with Crippen molar-refractivity contribution in [3.63, 3.8) is 0 Å². The van der Waals surface area contributed by atoms with E-state index in [-0.39, 0.29) is 0 Å². The van der Waals surface area contributed by atoms with Gasteiger partial charge in [-0.2, -0.15) is 0 Å². The summed E-state index contributed by atoms with van der Waals surface area (Å²) in [6, 6.07) is 0. The summed E-state index contributed by atoms with van der Waals surface area (Å²) >= 11 is 0. The molecule has 0 unspecified atom stereocenters. The Balaban J connectivity index is 4.80. The molecule has 15 heavy (non-hydrogen) atoms. The molecule has 0 aliphatic rings. The summed E-state index contributed by atoms with van der Waals surface area (Å²) in [5.41, 5.74) is 0.716. The SMILES string of the molecule is CCOC(=O)C(C)=C(CC)C(=O)OCC. The minimum atomic E-state index is -0.456. The Labute approximate surface area is 90.2 Å². The fourth-order valence-corrected chi connectivity index (χ4v) is 1.14. The number of hydrogen-bond acceptors (Lipinski definition) is 4. The summed E-state index contributed by atoms with van der Waals surface area (Å²) in [5, 5.41) is 0. The Morgan fingerprint density at radius 3 is 1.80 bits per heavy atom. The molecule has 4 nitrogen and oxygen atoms in total. The monoisotopic (exact) mass is 214 g/mol. The molecule has 4 heteroatoms. The van der Waals surface area contributed by atoms with Crippen LogP contribution in [-0.2, 0) is 19.1 Å². The Bertz CT molecular complexity index is 266. The van der Waals surface area contributed by atoms with Crippen molar-refractivity contribution >= 4 is 11.9 Å². The van der Waals surface area contributed by atoms with E-state index in [1.807, 2.05) is 0 Å². The summed E-state index contributed by atoms with van der Waals surface area (Å²) in [5.74, 6) is -0.895. The highest BCUT2D eigenvalue weighted by Crippen LogP contribution is 2.12. The van der Waals surface area contributed by atoms with E-state index in [4.69, 9.17) is 9.47 Å². The first-order valence-electron chi connectivity index (χ1n) is 5.12. The second-order valence-corrected chi connectivity index (χ2v) is 2.90. The maximum atomic E-state index is 11.4. The van der Waals surface area contributed by atoms with Gasteiger partial charge in [-0.1, -0.05) is 6.92 Å². The first-order chi connectivity index (χ1) is 7.08. The molecule has 0 aromatic carbocycles. The zero-order valence-electron chi connectivity index (χ0n) is 9.75. The van der Waals surface area contributed by atoms with Gasteiger partial charge in [0.05, 0.1) is 13.2 Å².